The first-order chi connectivity index (χ1) is 12.7. The fraction of sp³-hybridized carbons (Fsp3) is 0.143. The van der Waals surface area contributed by atoms with Crippen LogP contribution in [0.2, 0.25) is 0 Å². The average molecular weight is 367 g/mol. The predicted molar refractivity (Wildman–Crippen MR) is 98.7 cm³/mol. The van der Waals surface area contributed by atoms with E-state index in [2.05, 4.69) is 4.98 Å². The summed E-state index contributed by atoms with van der Waals surface area (Å²) in [4.78, 5) is 4.28. The van der Waals surface area contributed by atoms with Crippen molar-refractivity contribution in [3.8, 4) is 28.5 Å². The molecule has 0 aliphatic rings. The molecule has 0 bridgehead atoms. The molecule has 1 heterocycles. The molecule has 0 fully saturated rings. The largest absolute Gasteiger partial charge is 0.416 e. The van der Waals surface area contributed by atoms with E-state index >= 15 is 0 Å². The molecular weight excluding hydrogens is 351 g/mol. The summed E-state index contributed by atoms with van der Waals surface area (Å²) < 4.78 is 39.2. The molecule has 27 heavy (non-hydrogen) atoms. The molecule has 3 nitrogen and oxygen atoms in total. The Kier molecular flexibility index (Phi) is 4.63. The SMILES string of the molecule is Cc1ccc(-c2cc(-c3cccc(C(F)(F)F)c3)c(C#N)c(N)n2)cc1C. The summed E-state index contributed by atoms with van der Waals surface area (Å²) in [6, 6.07) is 14.1. The molecule has 1 aromatic heterocycles. The molecule has 2 aromatic carbocycles. The highest BCUT2D eigenvalue weighted by Gasteiger charge is 2.30. The van der Waals surface area contributed by atoms with Crippen LogP contribution in [0.15, 0.2) is 48.5 Å². The van der Waals surface area contributed by atoms with Gasteiger partial charge in [-0.05, 0) is 54.8 Å². The third-order valence-electron chi connectivity index (χ3n) is 4.46. The second-order valence-electron chi connectivity index (χ2n) is 6.30. The second-order valence-corrected chi connectivity index (χ2v) is 6.30. The Morgan fingerprint density at radius 1 is 0.963 bits per heavy atom. The van der Waals surface area contributed by atoms with Crippen molar-refractivity contribution >= 4 is 5.82 Å². The number of hydrogen-bond acceptors (Lipinski definition) is 3. The Hall–Kier alpha value is -3.33. The average Bonchev–Trinajstić information content (AvgIpc) is 2.62. The van der Waals surface area contributed by atoms with Gasteiger partial charge in [-0.1, -0.05) is 24.3 Å². The maximum atomic E-state index is 13.1. The second kappa shape index (κ2) is 6.76. The van der Waals surface area contributed by atoms with Crippen molar-refractivity contribution in [2.24, 2.45) is 0 Å². The minimum absolute atomic E-state index is 0.0133. The fourth-order valence-electron chi connectivity index (χ4n) is 2.82. The van der Waals surface area contributed by atoms with Gasteiger partial charge in [-0.2, -0.15) is 18.4 Å². The van der Waals surface area contributed by atoms with Gasteiger partial charge in [0.05, 0.1) is 11.3 Å². The number of rotatable bonds is 2. The smallest absolute Gasteiger partial charge is 0.383 e. The summed E-state index contributed by atoms with van der Waals surface area (Å²) in [5.74, 6) is -0.0133. The number of hydrogen-bond donors (Lipinski definition) is 1. The topological polar surface area (TPSA) is 62.7 Å². The normalized spacial score (nSPS) is 11.3. The Bertz CT molecular complexity index is 1060. The first kappa shape index (κ1) is 18.5. The number of benzene rings is 2. The summed E-state index contributed by atoms with van der Waals surface area (Å²) in [6.45, 7) is 3.94. The van der Waals surface area contributed by atoms with E-state index in [0.717, 1.165) is 28.8 Å². The van der Waals surface area contributed by atoms with Crippen LogP contribution in [-0.4, -0.2) is 4.98 Å². The molecule has 136 valence electrons. The highest BCUT2D eigenvalue weighted by atomic mass is 19.4. The van der Waals surface area contributed by atoms with Gasteiger partial charge >= 0.3 is 6.18 Å². The standard InChI is InChI=1S/C21H16F3N3/c1-12-6-7-15(8-13(12)2)19-10-17(18(11-25)20(26)27-19)14-4-3-5-16(9-14)21(22,23)24/h3-10H,1-2H3,(H2,26,27). The van der Waals surface area contributed by atoms with E-state index in [-0.39, 0.29) is 16.9 Å². The van der Waals surface area contributed by atoms with Gasteiger partial charge in [0.2, 0.25) is 0 Å². The fourth-order valence-corrected chi connectivity index (χ4v) is 2.82. The molecule has 0 saturated heterocycles. The van der Waals surface area contributed by atoms with Crippen LogP contribution in [0.25, 0.3) is 22.4 Å². The summed E-state index contributed by atoms with van der Waals surface area (Å²) in [5.41, 5.74) is 9.25. The van der Waals surface area contributed by atoms with Gasteiger partial charge in [0.1, 0.15) is 17.5 Å². The van der Waals surface area contributed by atoms with Gasteiger partial charge < -0.3 is 5.73 Å². The van der Waals surface area contributed by atoms with Gasteiger partial charge in [0.25, 0.3) is 0 Å². The first-order valence-electron chi connectivity index (χ1n) is 8.16. The van der Waals surface area contributed by atoms with Crippen LogP contribution in [-0.2, 0) is 6.18 Å². The lowest BCUT2D eigenvalue weighted by molar-refractivity contribution is -0.137. The van der Waals surface area contributed by atoms with Crippen molar-refractivity contribution in [3.05, 3.63) is 70.8 Å². The summed E-state index contributed by atoms with van der Waals surface area (Å²) >= 11 is 0. The number of aromatic nitrogens is 1. The predicted octanol–water partition coefficient (Wildman–Crippen LogP) is 5.51. The summed E-state index contributed by atoms with van der Waals surface area (Å²) in [7, 11) is 0. The van der Waals surface area contributed by atoms with Crippen molar-refractivity contribution in [1.29, 1.82) is 5.26 Å². The van der Waals surface area contributed by atoms with Crippen molar-refractivity contribution < 1.29 is 13.2 Å². The zero-order valence-corrected chi connectivity index (χ0v) is 14.7. The number of aryl methyl sites for hydroxylation is 2. The summed E-state index contributed by atoms with van der Waals surface area (Å²) in [6.07, 6.45) is -4.47. The van der Waals surface area contributed by atoms with Crippen LogP contribution in [0.4, 0.5) is 19.0 Å². The molecule has 0 amide bonds. The van der Waals surface area contributed by atoms with Gasteiger partial charge in [0, 0.05) is 11.1 Å². The minimum Gasteiger partial charge on any atom is -0.383 e. The number of nitrogen functional groups attached to an aromatic ring is 1. The lowest BCUT2D eigenvalue weighted by atomic mass is 9.96. The molecule has 0 saturated carbocycles. The molecule has 0 aliphatic carbocycles. The van der Waals surface area contributed by atoms with Crippen LogP contribution >= 0.6 is 0 Å². The zero-order chi connectivity index (χ0) is 19.8. The lowest BCUT2D eigenvalue weighted by Gasteiger charge is -2.13. The van der Waals surface area contributed by atoms with Crippen LogP contribution in [0, 0.1) is 25.2 Å². The molecule has 0 unspecified atom stereocenters. The van der Waals surface area contributed by atoms with Crippen molar-refractivity contribution in [3.63, 3.8) is 0 Å². The third-order valence-corrected chi connectivity index (χ3v) is 4.46. The molecule has 6 heteroatoms. The lowest BCUT2D eigenvalue weighted by Crippen LogP contribution is -2.05. The number of nitrogens with zero attached hydrogens (tertiary/aromatic N) is 2. The number of pyridine rings is 1. The van der Waals surface area contributed by atoms with E-state index in [1.165, 1.54) is 12.1 Å². The Morgan fingerprint density at radius 3 is 2.33 bits per heavy atom. The number of alkyl halides is 3. The van der Waals surface area contributed by atoms with Gasteiger partial charge in [0.15, 0.2) is 0 Å². The molecule has 3 rings (SSSR count). The highest BCUT2D eigenvalue weighted by Crippen LogP contribution is 2.35. The molecule has 3 aromatic rings. The molecule has 0 radical (unpaired) electrons. The summed E-state index contributed by atoms with van der Waals surface area (Å²) in [5, 5.41) is 9.44. The van der Waals surface area contributed by atoms with Crippen molar-refractivity contribution in [1.82, 2.24) is 4.98 Å². The van der Waals surface area contributed by atoms with Crippen LogP contribution in [0.3, 0.4) is 0 Å². The molecule has 0 aliphatic heterocycles. The number of nitriles is 1. The zero-order valence-electron chi connectivity index (χ0n) is 14.7. The molecule has 0 spiro atoms. The van der Waals surface area contributed by atoms with E-state index in [4.69, 9.17) is 5.73 Å². The maximum absolute atomic E-state index is 13.1. The molecule has 0 atom stereocenters. The monoisotopic (exact) mass is 367 g/mol. The van der Waals surface area contributed by atoms with Crippen LogP contribution in [0.1, 0.15) is 22.3 Å². The Morgan fingerprint density at radius 2 is 1.70 bits per heavy atom. The Labute approximate surface area is 154 Å². The van der Waals surface area contributed by atoms with E-state index in [0.29, 0.717) is 11.3 Å². The number of halogens is 3. The van der Waals surface area contributed by atoms with E-state index in [1.54, 1.807) is 6.07 Å². The van der Waals surface area contributed by atoms with Gasteiger partial charge in [-0.25, -0.2) is 4.98 Å². The molecular formula is C21H16F3N3. The third kappa shape index (κ3) is 3.63. The first-order valence-corrected chi connectivity index (χ1v) is 8.16. The maximum Gasteiger partial charge on any atom is 0.416 e. The van der Waals surface area contributed by atoms with E-state index in [9.17, 15) is 18.4 Å². The minimum atomic E-state index is -4.47. The highest BCUT2D eigenvalue weighted by molar-refractivity contribution is 5.80. The van der Waals surface area contributed by atoms with Gasteiger partial charge in [-0.3, -0.25) is 0 Å². The van der Waals surface area contributed by atoms with Crippen molar-refractivity contribution in [2.45, 2.75) is 20.0 Å². The number of nitrogens with two attached hydrogens (primary N) is 1. The van der Waals surface area contributed by atoms with E-state index in [1.807, 2.05) is 38.1 Å². The Balaban J connectivity index is 2.22. The van der Waals surface area contributed by atoms with Crippen molar-refractivity contribution in [2.75, 3.05) is 5.73 Å². The van der Waals surface area contributed by atoms with E-state index < -0.39 is 11.7 Å². The van der Waals surface area contributed by atoms with Crippen LogP contribution < -0.4 is 5.73 Å². The van der Waals surface area contributed by atoms with Gasteiger partial charge in [-0.15, -0.1) is 0 Å². The van der Waals surface area contributed by atoms with Crippen LogP contribution in [0.5, 0.6) is 0 Å². The quantitative estimate of drug-likeness (QED) is 0.650. The molecule has 2 N–H and O–H groups in total. The number of anilines is 1.